The fraction of sp³-hybridized carbons (Fsp3) is 0.136. The lowest BCUT2D eigenvalue weighted by Gasteiger charge is -2.13. The molecule has 32 heavy (non-hydrogen) atoms. The Bertz CT molecular complexity index is 1410. The summed E-state index contributed by atoms with van der Waals surface area (Å²) in [5.41, 5.74) is 2.82. The van der Waals surface area contributed by atoms with Crippen LogP contribution in [0.15, 0.2) is 59.5 Å². The van der Waals surface area contributed by atoms with E-state index in [1.165, 1.54) is 37.5 Å². The van der Waals surface area contributed by atoms with Gasteiger partial charge in [-0.05, 0) is 61.0 Å². The van der Waals surface area contributed by atoms with E-state index in [2.05, 4.69) is 20.0 Å². The zero-order chi connectivity index (χ0) is 22.9. The Morgan fingerprint density at radius 2 is 1.78 bits per heavy atom. The summed E-state index contributed by atoms with van der Waals surface area (Å²) in [5.74, 6) is 0.601. The van der Waals surface area contributed by atoms with Gasteiger partial charge in [0.25, 0.3) is 10.0 Å². The molecular formula is C22H20N4O4S2. The average molecular weight is 469 g/mol. The molecule has 0 radical (unpaired) electrons. The number of aryl methyl sites for hydroxylation is 1. The number of aromatic nitrogens is 2. The van der Waals surface area contributed by atoms with E-state index in [1.807, 2.05) is 30.3 Å². The molecule has 10 heteroatoms. The fourth-order valence-electron chi connectivity index (χ4n) is 3.10. The van der Waals surface area contributed by atoms with Crippen LogP contribution in [-0.4, -0.2) is 31.4 Å². The van der Waals surface area contributed by atoms with Crippen LogP contribution in [0.4, 0.5) is 10.9 Å². The van der Waals surface area contributed by atoms with Gasteiger partial charge in [-0.15, -0.1) is 0 Å². The molecule has 0 saturated carbocycles. The zero-order valence-electron chi connectivity index (χ0n) is 17.5. The molecule has 164 valence electrons. The second-order valence-electron chi connectivity index (χ2n) is 7.01. The van der Waals surface area contributed by atoms with Crippen LogP contribution in [0.2, 0.25) is 0 Å². The molecule has 2 aromatic carbocycles. The van der Waals surface area contributed by atoms with E-state index in [1.54, 1.807) is 19.1 Å². The highest BCUT2D eigenvalue weighted by molar-refractivity contribution is 7.92. The zero-order valence-corrected chi connectivity index (χ0v) is 19.2. The van der Waals surface area contributed by atoms with Crippen molar-refractivity contribution >= 4 is 48.4 Å². The number of hydrogen-bond acceptors (Lipinski definition) is 7. The minimum atomic E-state index is -3.86. The van der Waals surface area contributed by atoms with Gasteiger partial charge in [-0.25, -0.2) is 18.4 Å². The number of methoxy groups -OCH3 is 1. The summed E-state index contributed by atoms with van der Waals surface area (Å²) < 4.78 is 34.5. The van der Waals surface area contributed by atoms with Crippen molar-refractivity contribution in [1.29, 1.82) is 0 Å². The van der Waals surface area contributed by atoms with Crippen molar-refractivity contribution in [2.45, 2.75) is 18.7 Å². The standard InChI is InChI=1S/C22H20N4O4S2/c1-13-4-10-18(15-5-11-19-20(12-15)31-22(25-19)24-14(2)27)21(23-13)26-32(28,29)17-8-6-16(30-3)7-9-17/h4-12H,1-3H3,(H,23,26)(H,24,25,27). The van der Waals surface area contributed by atoms with Crippen molar-refractivity contribution in [1.82, 2.24) is 9.97 Å². The van der Waals surface area contributed by atoms with Crippen LogP contribution in [0.5, 0.6) is 5.75 Å². The van der Waals surface area contributed by atoms with Gasteiger partial charge >= 0.3 is 0 Å². The van der Waals surface area contributed by atoms with Gasteiger partial charge in [0.2, 0.25) is 5.91 Å². The molecular weight excluding hydrogens is 448 g/mol. The largest absolute Gasteiger partial charge is 0.497 e. The molecule has 0 fully saturated rings. The minimum Gasteiger partial charge on any atom is -0.497 e. The SMILES string of the molecule is COc1ccc(S(=O)(=O)Nc2nc(C)ccc2-c2ccc3nc(NC(C)=O)sc3c2)cc1. The molecule has 2 aromatic heterocycles. The molecule has 2 N–H and O–H groups in total. The van der Waals surface area contributed by atoms with Crippen molar-refractivity contribution in [3.8, 4) is 16.9 Å². The summed E-state index contributed by atoms with van der Waals surface area (Å²) in [4.78, 5) is 20.2. The highest BCUT2D eigenvalue weighted by Crippen LogP contribution is 2.34. The highest BCUT2D eigenvalue weighted by atomic mass is 32.2. The van der Waals surface area contributed by atoms with E-state index in [0.29, 0.717) is 22.1 Å². The van der Waals surface area contributed by atoms with Crippen LogP contribution in [-0.2, 0) is 14.8 Å². The lowest BCUT2D eigenvalue weighted by molar-refractivity contribution is -0.114. The van der Waals surface area contributed by atoms with Crippen molar-refractivity contribution in [2.24, 2.45) is 0 Å². The second kappa shape index (κ2) is 8.56. The third-order valence-electron chi connectivity index (χ3n) is 4.62. The first-order chi connectivity index (χ1) is 15.2. The Labute approximate surface area is 189 Å². The number of ether oxygens (including phenoxy) is 1. The second-order valence-corrected chi connectivity index (χ2v) is 9.73. The number of sulfonamides is 1. The molecule has 0 saturated heterocycles. The number of hydrogen-bond donors (Lipinski definition) is 2. The van der Waals surface area contributed by atoms with Crippen molar-refractivity contribution in [3.05, 3.63) is 60.3 Å². The van der Waals surface area contributed by atoms with Crippen LogP contribution < -0.4 is 14.8 Å². The van der Waals surface area contributed by atoms with Crippen molar-refractivity contribution in [3.63, 3.8) is 0 Å². The predicted octanol–water partition coefficient (Wildman–Crippen LogP) is 4.43. The number of rotatable bonds is 6. The van der Waals surface area contributed by atoms with Gasteiger partial charge in [-0.3, -0.25) is 9.52 Å². The van der Waals surface area contributed by atoms with Gasteiger partial charge in [0, 0.05) is 18.2 Å². The highest BCUT2D eigenvalue weighted by Gasteiger charge is 2.19. The van der Waals surface area contributed by atoms with Crippen LogP contribution in [0.3, 0.4) is 0 Å². The summed E-state index contributed by atoms with van der Waals surface area (Å²) in [6.45, 7) is 3.22. The number of fused-ring (bicyclic) bond motifs is 1. The summed E-state index contributed by atoms with van der Waals surface area (Å²) >= 11 is 1.34. The maximum atomic E-state index is 13.0. The lowest BCUT2D eigenvalue weighted by Crippen LogP contribution is -2.15. The Morgan fingerprint density at radius 3 is 2.47 bits per heavy atom. The lowest BCUT2D eigenvalue weighted by atomic mass is 10.1. The topological polar surface area (TPSA) is 110 Å². The van der Waals surface area contributed by atoms with Gasteiger partial charge in [-0.1, -0.05) is 17.4 Å². The summed E-state index contributed by atoms with van der Waals surface area (Å²) in [6.07, 6.45) is 0. The molecule has 0 aliphatic rings. The molecule has 0 unspecified atom stereocenters. The number of pyridine rings is 1. The molecule has 4 aromatic rings. The summed E-state index contributed by atoms with van der Waals surface area (Å²) in [7, 11) is -2.35. The summed E-state index contributed by atoms with van der Waals surface area (Å²) in [6, 6.07) is 15.3. The quantitative estimate of drug-likeness (QED) is 0.433. The number of amides is 1. The van der Waals surface area contributed by atoms with Crippen molar-refractivity contribution < 1.29 is 17.9 Å². The number of nitrogens with one attached hydrogen (secondary N) is 2. The number of carbonyl (C=O) groups is 1. The monoisotopic (exact) mass is 468 g/mol. The molecule has 0 bridgehead atoms. The molecule has 0 aliphatic carbocycles. The molecule has 0 spiro atoms. The van der Waals surface area contributed by atoms with Crippen LogP contribution in [0.1, 0.15) is 12.6 Å². The Balaban J connectivity index is 1.72. The van der Waals surface area contributed by atoms with Crippen LogP contribution in [0.25, 0.3) is 21.3 Å². The molecule has 8 nitrogen and oxygen atoms in total. The molecule has 0 aliphatic heterocycles. The van der Waals surface area contributed by atoms with Crippen LogP contribution >= 0.6 is 11.3 Å². The van der Waals surface area contributed by atoms with Gasteiger partial charge in [-0.2, -0.15) is 0 Å². The van der Waals surface area contributed by atoms with E-state index in [4.69, 9.17) is 4.74 Å². The fourth-order valence-corrected chi connectivity index (χ4v) is 5.08. The van der Waals surface area contributed by atoms with E-state index in [0.717, 1.165) is 15.8 Å². The Kier molecular flexibility index (Phi) is 5.81. The van der Waals surface area contributed by atoms with Gasteiger partial charge in [0.05, 0.1) is 22.2 Å². The molecule has 0 atom stereocenters. The maximum absolute atomic E-state index is 13.0. The number of thiazole rings is 1. The Hall–Kier alpha value is -3.50. The number of carbonyl (C=O) groups excluding carboxylic acids is 1. The van der Waals surface area contributed by atoms with E-state index >= 15 is 0 Å². The van der Waals surface area contributed by atoms with Gasteiger partial charge < -0.3 is 10.1 Å². The van der Waals surface area contributed by atoms with Gasteiger partial charge in [0.15, 0.2) is 5.13 Å². The predicted molar refractivity (Wildman–Crippen MR) is 126 cm³/mol. The van der Waals surface area contributed by atoms with E-state index < -0.39 is 10.0 Å². The molecule has 2 heterocycles. The maximum Gasteiger partial charge on any atom is 0.263 e. The van der Waals surface area contributed by atoms with Gasteiger partial charge in [0.1, 0.15) is 11.6 Å². The third kappa shape index (κ3) is 4.56. The molecule has 4 rings (SSSR count). The minimum absolute atomic E-state index is 0.102. The third-order valence-corrected chi connectivity index (χ3v) is 6.91. The smallest absolute Gasteiger partial charge is 0.263 e. The molecule has 1 amide bonds. The number of anilines is 2. The van der Waals surface area contributed by atoms with Crippen molar-refractivity contribution in [2.75, 3.05) is 17.1 Å². The Morgan fingerprint density at radius 1 is 1.03 bits per heavy atom. The first kappa shape index (κ1) is 21.7. The van der Waals surface area contributed by atoms with E-state index in [-0.39, 0.29) is 16.6 Å². The number of benzene rings is 2. The number of nitrogens with zero attached hydrogens (tertiary/aromatic N) is 2. The first-order valence-corrected chi connectivity index (χ1v) is 11.9. The first-order valence-electron chi connectivity index (χ1n) is 9.58. The summed E-state index contributed by atoms with van der Waals surface area (Å²) in [5, 5.41) is 3.19. The van der Waals surface area contributed by atoms with Crippen LogP contribution in [0, 0.1) is 6.92 Å². The van der Waals surface area contributed by atoms with E-state index in [9.17, 15) is 13.2 Å². The average Bonchev–Trinajstić information content (AvgIpc) is 3.14. The normalized spacial score (nSPS) is 11.3.